The number of H-pyrrole nitrogens is 2. The van der Waals surface area contributed by atoms with E-state index in [1.165, 1.54) is 12.4 Å². The molecule has 4 aromatic rings. The molecule has 2 aromatic carbocycles. The smallest absolute Gasteiger partial charge is 0.232 e. The number of hydrogen-bond acceptors (Lipinski definition) is 4. The zero-order valence-electron chi connectivity index (χ0n) is 20.3. The summed E-state index contributed by atoms with van der Waals surface area (Å²) in [4.78, 5) is 19.4. The number of allylic oxidation sites excluding steroid dienone is 1. The van der Waals surface area contributed by atoms with Crippen LogP contribution in [0.3, 0.4) is 0 Å². The molecule has 0 aliphatic carbocycles. The SMILES string of the molecule is C=c1[nH]cc(C(=O)c2c(F)ccc(NS(=O)(=O)CCC)c2F)/c1=C/C(=C\N)c1ccc2[nH]cc(C)c2c1. The third-order valence-electron chi connectivity index (χ3n) is 6.01. The van der Waals surface area contributed by atoms with E-state index in [0.29, 0.717) is 22.6 Å². The fraction of sp³-hybridized carbons (Fsp3) is 0.148. The molecule has 4 rings (SSSR count). The van der Waals surface area contributed by atoms with Gasteiger partial charge in [0.05, 0.1) is 17.0 Å². The Morgan fingerprint density at radius 1 is 1.16 bits per heavy atom. The average molecular weight is 525 g/mol. The lowest BCUT2D eigenvalue weighted by Crippen LogP contribution is -2.27. The number of sulfonamides is 1. The van der Waals surface area contributed by atoms with Crippen molar-refractivity contribution < 1.29 is 22.0 Å². The summed E-state index contributed by atoms with van der Waals surface area (Å²) in [5.41, 5.74) is 7.80. The van der Waals surface area contributed by atoms with Crippen LogP contribution in [-0.4, -0.2) is 29.9 Å². The number of aromatic amines is 2. The van der Waals surface area contributed by atoms with E-state index < -0.39 is 38.7 Å². The lowest BCUT2D eigenvalue weighted by molar-refractivity contribution is 0.103. The van der Waals surface area contributed by atoms with Crippen molar-refractivity contribution in [2.24, 2.45) is 5.73 Å². The summed E-state index contributed by atoms with van der Waals surface area (Å²) in [7, 11) is -3.87. The van der Waals surface area contributed by atoms with Crippen LogP contribution in [0, 0.1) is 18.6 Å². The molecule has 0 bridgehead atoms. The number of ketones is 1. The van der Waals surface area contributed by atoms with Gasteiger partial charge >= 0.3 is 0 Å². The fourth-order valence-corrected chi connectivity index (χ4v) is 5.25. The molecule has 0 unspecified atom stereocenters. The van der Waals surface area contributed by atoms with Gasteiger partial charge in [0, 0.05) is 45.6 Å². The number of carbonyl (C=O) groups is 1. The molecule has 10 heteroatoms. The molecule has 0 saturated heterocycles. The first-order valence-corrected chi connectivity index (χ1v) is 13.1. The van der Waals surface area contributed by atoms with E-state index >= 15 is 4.39 Å². The zero-order chi connectivity index (χ0) is 26.9. The van der Waals surface area contributed by atoms with Crippen molar-refractivity contribution in [3.8, 4) is 0 Å². The molecule has 0 radical (unpaired) electrons. The second-order valence-corrected chi connectivity index (χ2v) is 10.5. The molecule has 0 saturated carbocycles. The third-order valence-corrected chi connectivity index (χ3v) is 7.49. The molecular weight excluding hydrogens is 498 g/mol. The minimum Gasteiger partial charge on any atom is -0.404 e. The van der Waals surface area contributed by atoms with E-state index in [1.54, 1.807) is 13.0 Å². The van der Waals surface area contributed by atoms with Gasteiger partial charge in [-0.15, -0.1) is 0 Å². The second kappa shape index (κ2) is 10.1. The van der Waals surface area contributed by atoms with Crippen LogP contribution >= 0.6 is 0 Å². The normalized spacial score (nSPS) is 12.9. The van der Waals surface area contributed by atoms with Crippen molar-refractivity contribution in [2.75, 3.05) is 10.5 Å². The summed E-state index contributed by atoms with van der Waals surface area (Å²) in [6.07, 6.45) is 6.47. The van der Waals surface area contributed by atoms with Crippen LogP contribution in [0.2, 0.25) is 0 Å². The molecule has 0 fully saturated rings. The van der Waals surface area contributed by atoms with Gasteiger partial charge in [0.1, 0.15) is 5.82 Å². The molecule has 0 atom stereocenters. The van der Waals surface area contributed by atoms with Crippen molar-refractivity contribution in [1.29, 1.82) is 0 Å². The number of aromatic nitrogens is 2. The maximum Gasteiger partial charge on any atom is 0.232 e. The molecule has 0 aliphatic heterocycles. The first-order valence-electron chi connectivity index (χ1n) is 11.5. The van der Waals surface area contributed by atoms with Crippen LogP contribution in [-0.2, 0) is 10.0 Å². The Kier molecular flexibility index (Phi) is 7.04. The van der Waals surface area contributed by atoms with Gasteiger partial charge in [0.15, 0.2) is 5.82 Å². The number of nitrogens with one attached hydrogen (secondary N) is 3. The van der Waals surface area contributed by atoms with Crippen molar-refractivity contribution in [1.82, 2.24) is 9.97 Å². The Hall–Kier alpha value is -4.18. The van der Waals surface area contributed by atoms with E-state index in [-0.39, 0.29) is 11.3 Å². The average Bonchev–Trinajstić information content (AvgIpc) is 3.41. The Morgan fingerprint density at radius 2 is 1.92 bits per heavy atom. The number of anilines is 1. The lowest BCUT2D eigenvalue weighted by atomic mass is 9.99. The highest BCUT2D eigenvalue weighted by molar-refractivity contribution is 7.92. The summed E-state index contributed by atoms with van der Waals surface area (Å²) in [6, 6.07) is 7.49. The predicted octanol–water partition coefficient (Wildman–Crippen LogP) is 3.66. The van der Waals surface area contributed by atoms with E-state index in [2.05, 4.69) is 21.3 Å². The van der Waals surface area contributed by atoms with E-state index in [4.69, 9.17) is 5.73 Å². The quantitative estimate of drug-likeness (QED) is 0.263. The van der Waals surface area contributed by atoms with Crippen LogP contribution in [0.25, 0.3) is 29.1 Å². The number of fused-ring (bicyclic) bond motifs is 1. The van der Waals surface area contributed by atoms with Gasteiger partial charge in [-0.25, -0.2) is 17.2 Å². The molecular formula is C27H26F2N4O3S. The standard InChI is InChI=1S/C27H26F2N4O3S/c1-4-9-37(35,36)33-24-8-6-22(28)25(26(24)29)27(34)21-14-31-16(3)20(21)11-18(12-30)17-5-7-23-19(10-17)15(2)13-32-23/h5-8,10-14,31-33H,3-4,9,30H2,1-2H3/b18-12+,20-11+. The van der Waals surface area contributed by atoms with Crippen LogP contribution in [0.4, 0.5) is 14.5 Å². The molecule has 192 valence electrons. The van der Waals surface area contributed by atoms with Crippen molar-refractivity contribution >= 4 is 50.6 Å². The molecule has 37 heavy (non-hydrogen) atoms. The topological polar surface area (TPSA) is 121 Å². The number of halogens is 2. The van der Waals surface area contributed by atoms with E-state index in [0.717, 1.165) is 34.2 Å². The van der Waals surface area contributed by atoms with Crippen molar-refractivity contribution in [3.63, 3.8) is 0 Å². The number of nitrogens with two attached hydrogens (primary N) is 1. The van der Waals surface area contributed by atoms with Crippen molar-refractivity contribution in [3.05, 3.63) is 93.4 Å². The minimum atomic E-state index is -3.87. The summed E-state index contributed by atoms with van der Waals surface area (Å²) < 4.78 is 56.3. The van der Waals surface area contributed by atoms with Gasteiger partial charge in [-0.3, -0.25) is 9.52 Å². The van der Waals surface area contributed by atoms with Gasteiger partial charge in [0.2, 0.25) is 15.8 Å². The van der Waals surface area contributed by atoms with Crippen LogP contribution in [0.1, 0.15) is 40.4 Å². The maximum atomic E-state index is 15.3. The Labute approximate surface area is 212 Å². The first kappa shape index (κ1) is 25.9. The highest BCUT2D eigenvalue weighted by Gasteiger charge is 2.25. The molecule has 0 aliphatic rings. The first-order chi connectivity index (χ1) is 17.6. The summed E-state index contributed by atoms with van der Waals surface area (Å²) in [6.45, 7) is 7.51. The largest absolute Gasteiger partial charge is 0.404 e. The van der Waals surface area contributed by atoms with E-state index in [9.17, 15) is 17.6 Å². The number of hydrogen-bond donors (Lipinski definition) is 4. The number of benzene rings is 2. The predicted molar refractivity (Wildman–Crippen MR) is 143 cm³/mol. The highest BCUT2D eigenvalue weighted by atomic mass is 32.2. The number of carbonyl (C=O) groups excluding carboxylic acids is 1. The van der Waals surface area contributed by atoms with Gasteiger partial charge in [-0.05, 0) is 60.4 Å². The minimum absolute atomic E-state index is 0.0466. The monoisotopic (exact) mass is 524 g/mol. The Bertz CT molecular complexity index is 1770. The van der Waals surface area contributed by atoms with Gasteiger partial charge in [-0.2, -0.15) is 0 Å². The number of rotatable bonds is 8. The van der Waals surface area contributed by atoms with Crippen LogP contribution in [0.15, 0.2) is 48.9 Å². The summed E-state index contributed by atoms with van der Waals surface area (Å²) in [5, 5.41) is 1.63. The maximum absolute atomic E-state index is 15.3. The lowest BCUT2D eigenvalue weighted by Gasteiger charge is -2.11. The Balaban J connectivity index is 1.80. The highest BCUT2D eigenvalue weighted by Crippen LogP contribution is 2.26. The Morgan fingerprint density at radius 3 is 2.62 bits per heavy atom. The van der Waals surface area contributed by atoms with Crippen molar-refractivity contribution in [2.45, 2.75) is 20.3 Å². The van der Waals surface area contributed by atoms with Gasteiger partial charge in [0.25, 0.3) is 0 Å². The van der Waals surface area contributed by atoms with Gasteiger partial charge < -0.3 is 15.7 Å². The zero-order valence-corrected chi connectivity index (χ0v) is 21.1. The van der Waals surface area contributed by atoms with Crippen LogP contribution in [0.5, 0.6) is 0 Å². The molecule has 0 amide bonds. The summed E-state index contributed by atoms with van der Waals surface area (Å²) >= 11 is 0. The number of aryl methyl sites for hydroxylation is 1. The molecule has 0 spiro atoms. The molecule has 2 heterocycles. The third kappa shape index (κ3) is 5.05. The molecule has 2 aromatic heterocycles. The molecule has 7 nitrogen and oxygen atoms in total. The van der Waals surface area contributed by atoms with E-state index in [1.807, 2.05) is 31.3 Å². The summed E-state index contributed by atoms with van der Waals surface area (Å²) in [5.74, 6) is -3.65. The molecule has 5 N–H and O–H groups in total. The van der Waals surface area contributed by atoms with Gasteiger partial charge in [-0.1, -0.05) is 19.6 Å². The fourth-order valence-electron chi connectivity index (χ4n) is 4.11. The second-order valence-electron chi connectivity index (χ2n) is 8.63. The van der Waals surface area contributed by atoms with Crippen LogP contribution < -0.4 is 21.0 Å².